The summed E-state index contributed by atoms with van der Waals surface area (Å²) in [6.07, 6.45) is 11.0. The largest absolute Gasteiger partial charge is 0.503 e. The lowest BCUT2D eigenvalue weighted by atomic mass is 10.00. The van der Waals surface area contributed by atoms with Gasteiger partial charge in [-0.1, -0.05) is 81.4 Å². The maximum absolute atomic E-state index is 13.9. The number of aryl methyl sites for hydroxylation is 1. The van der Waals surface area contributed by atoms with Gasteiger partial charge in [0.25, 0.3) is 16.0 Å². The van der Waals surface area contributed by atoms with Gasteiger partial charge >= 0.3 is 30.5 Å². The van der Waals surface area contributed by atoms with Gasteiger partial charge in [-0.05, 0) is 259 Å². The number of fused-ring (bicyclic) bond motifs is 2. The van der Waals surface area contributed by atoms with Crippen molar-refractivity contribution >= 4 is 105 Å². The van der Waals surface area contributed by atoms with Crippen LogP contribution in [0.25, 0.3) is 10.4 Å². The second-order valence-electron chi connectivity index (χ2n) is 37.2. The van der Waals surface area contributed by atoms with Crippen molar-refractivity contribution in [3.63, 3.8) is 0 Å². The number of aliphatic hydroxyl groups is 1. The van der Waals surface area contributed by atoms with Gasteiger partial charge in [-0.2, -0.15) is 8.42 Å². The Morgan fingerprint density at radius 2 is 1.02 bits per heavy atom. The monoisotopic (exact) mass is 2040 g/mol. The molecule has 2 aliphatic heterocycles. The van der Waals surface area contributed by atoms with E-state index >= 15 is 0 Å². The topological polar surface area (TPSA) is 492 Å². The normalized spacial score (nSPS) is 15.7. The van der Waals surface area contributed by atoms with Crippen LogP contribution < -0.4 is 59.4 Å². The number of hydrogen-bond donors (Lipinski definition) is 12. The number of ketones is 1. The van der Waals surface area contributed by atoms with Crippen molar-refractivity contribution < 1.29 is 93.6 Å². The molecule has 14 N–H and O–H groups in total. The first-order valence-corrected chi connectivity index (χ1v) is 49.5. The molecule has 3 aliphatic carbocycles. The number of carbonyl (C=O) groups excluding carboxylic acids is 8. The molecule has 4 fully saturated rings. The molecule has 135 heavy (non-hydrogen) atoms. The maximum Gasteiger partial charge on any atom is 0.407 e. The molecular weight excluding hydrogens is 1860 g/mol. The summed E-state index contributed by atoms with van der Waals surface area (Å²) in [6, 6.07) is 4.98. The van der Waals surface area contributed by atoms with E-state index < -0.39 is 96.9 Å². The smallest absolute Gasteiger partial charge is 0.407 e. The van der Waals surface area contributed by atoms with Crippen molar-refractivity contribution in [2.45, 2.75) is 394 Å². The number of halogens is 6. The summed E-state index contributed by atoms with van der Waals surface area (Å²) in [7, 11) is -2.48. The van der Waals surface area contributed by atoms with E-state index in [0.717, 1.165) is 109 Å². The van der Waals surface area contributed by atoms with Gasteiger partial charge in [0.15, 0.2) is 17.2 Å². The third-order valence-electron chi connectivity index (χ3n) is 16.6. The number of nitrogens with two attached hydrogens (primary N) is 2. The van der Waals surface area contributed by atoms with Crippen LogP contribution in [-0.2, 0) is 55.7 Å². The number of azide groups is 1. The van der Waals surface area contributed by atoms with Crippen molar-refractivity contribution in [1.82, 2.24) is 56.9 Å². The van der Waals surface area contributed by atoms with Crippen LogP contribution in [0.5, 0.6) is 5.75 Å². The number of nitrogens with zero attached hydrogens (tertiary/aromatic N) is 6. The number of amides is 6. The van der Waals surface area contributed by atoms with Crippen molar-refractivity contribution in [3.8, 4) is 5.75 Å². The number of ether oxygens (including phenoxy) is 5. The number of alkyl halides is 4. The minimum Gasteiger partial charge on any atom is -0.503 e. The average Bonchev–Trinajstić information content (AvgIpc) is 1.70. The zero-order valence-electron chi connectivity index (χ0n) is 85.8. The number of hydrogen-bond acceptors (Lipinski definition) is 26. The molecule has 35 nitrogen and oxygen atoms in total. The number of aromatic nitrogens is 1. The van der Waals surface area contributed by atoms with Gasteiger partial charge in [-0.15, -0.1) is 46.4 Å². The van der Waals surface area contributed by atoms with Crippen LogP contribution in [0.15, 0.2) is 34.3 Å². The number of aromatic hydroxyl groups is 1. The fourth-order valence-electron chi connectivity index (χ4n) is 10.4. The van der Waals surface area contributed by atoms with E-state index in [1.54, 1.807) is 60.3 Å². The molecule has 8 atom stereocenters. The Morgan fingerprint density at radius 3 is 1.38 bits per heavy atom. The molecule has 5 aliphatic rings. The van der Waals surface area contributed by atoms with Gasteiger partial charge in [0.05, 0.1) is 41.7 Å². The molecule has 1 saturated heterocycles. The molecule has 0 unspecified atom stereocenters. The lowest BCUT2D eigenvalue weighted by molar-refractivity contribution is -0.110. The highest BCUT2D eigenvalue weighted by Gasteiger charge is 2.47. The number of carbonyl (C=O) groups is 8. The number of aliphatic hydroxyl groups excluding tert-OH is 1. The Balaban J connectivity index is -0.000000233. The maximum atomic E-state index is 13.9. The SMILES string of the molecule is C.C.CC.CC.CC(C)C=O.CC(C)CNC[C@@H](C)NC(=O)OC(C)(C)C.CO.C[C@@H](CCNC1CC1)NC(=O)OC(C)(C)C.C[C@H](CN)NC(=O)OC(C)(C)C.C[C@H](CN=[N+]=[N-])NC(=O)OC(C)(C)C.C[C@H](COS(C)(=O)=O)NC(=O)OC(C)(C)C.C[C@H](N)CCNC1CC1.C[C@H]1CCN(C2CC2)[C@@H]2Cn3cc(C(=O)CCc4ccc(F)cc4F)c(=O)c(O)c3C(=O)N12.ClCCl.ClCCl. The number of alkyl carbamates (subject to hydrolysis) is 5. The Morgan fingerprint density at radius 1 is 0.630 bits per heavy atom. The van der Waals surface area contributed by atoms with Gasteiger partial charge in [0.2, 0.25) is 5.43 Å². The number of benzene rings is 1. The number of rotatable bonds is 29. The third-order valence-corrected chi connectivity index (χ3v) is 17.1. The second-order valence-corrected chi connectivity index (χ2v) is 40.5. The lowest BCUT2D eigenvalue weighted by Crippen LogP contribution is -2.64. The molecule has 1 aromatic carbocycles. The Kier molecular flexibility index (Phi) is 81.7. The second kappa shape index (κ2) is 76.9. The Hall–Kier alpha value is -6.91. The molecule has 1 aromatic heterocycles. The van der Waals surface area contributed by atoms with Crippen molar-refractivity contribution in [3.05, 3.63) is 73.5 Å². The van der Waals surface area contributed by atoms with E-state index in [9.17, 15) is 65.5 Å². The van der Waals surface area contributed by atoms with Gasteiger partial charge in [0, 0.05) is 117 Å². The van der Waals surface area contributed by atoms with Gasteiger partial charge in [-0.25, -0.2) is 32.8 Å². The van der Waals surface area contributed by atoms with Crippen LogP contribution >= 0.6 is 46.4 Å². The van der Waals surface area contributed by atoms with Crippen LogP contribution in [0.2, 0.25) is 0 Å². The summed E-state index contributed by atoms with van der Waals surface area (Å²) in [4.78, 5) is 111. The highest BCUT2D eigenvalue weighted by Crippen LogP contribution is 2.38. The molecule has 3 saturated carbocycles. The van der Waals surface area contributed by atoms with E-state index in [4.69, 9.17) is 92.2 Å². The first-order valence-electron chi connectivity index (χ1n) is 45.5. The minimum atomic E-state index is -3.48. The number of nitrogens with one attached hydrogen (secondary N) is 8. The van der Waals surface area contributed by atoms with Crippen LogP contribution in [0.4, 0.5) is 32.8 Å². The van der Waals surface area contributed by atoms with Crippen molar-refractivity contribution in [1.29, 1.82) is 0 Å². The minimum absolute atomic E-state index is 0. The molecule has 0 bridgehead atoms. The van der Waals surface area contributed by atoms with E-state index in [1.807, 2.05) is 132 Å². The first kappa shape index (κ1) is 143. The highest BCUT2D eigenvalue weighted by atomic mass is 35.5. The molecule has 42 heteroatoms. The van der Waals surface area contributed by atoms with Crippen molar-refractivity contribution in [2.24, 2.45) is 28.4 Å². The summed E-state index contributed by atoms with van der Waals surface area (Å²) >= 11 is 19.1. The summed E-state index contributed by atoms with van der Waals surface area (Å²) < 4.78 is 79.8. The van der Waals surface area contributed by atoms with Crippen LogP contribution in [0, 0.1) is 23.5 Å². The zero-order chi connectivity index (χ0) is 105. The van der Waals surface area contributed by atoms with E-state index in [-0.39, 0.29) is 123 Å². The highest BCUT2D eigenvalue weighted by molar-refractivity contribution is 7.86. The van der Waals surface area contributed by atoms with Crippen LogP contribution in [-0.4, -0.2) is 252 Å². The lowest BCUT2D eigenvalue weighted by Gasteiger charge is -2.50. The predicted molar refractivity (Wildman–Crippen MR) is 544 cm³/mol. The zero-order valence-corrected chi connectivity index (χ0v) is 89.6. The van der Waals surface area contributed by atoms with Crippen LogP contribution in [0.3, 0.4) is 0 Å². The molecule has 794 valence electrons. The molecule has 0 radical (unpaired) electrons. The molecule has 6 amide bonds. The Labute approximate surface area is 829 Å². The predicted octanol–water partition coefficient (Wildman–Crippen LogP) is 17.9. The van der Waals surface area contributed by atoms with E-state index in [1.165, 1.54) is 42.5 Å². The molecule has 7 rings (SSSR count). The van der Waals surface area contributed by atoms with Gasteiger partial charge in [0.1, 0.15) is 52.1 Å². The number of Topliss-reactive ketones (excluding diaryl/α,β-unsaturated/α-hetero) is 1. The molecule has 2 aromatic rings. The van der Waals surface area contributed by atoms with Gasteiger partial charge in [-0.3, -0.25) is 23.5 Å². The van der Waals surface area contributed by atoms with Crippen molar-refractivity contribution in [2.75, 3.05) is 76.5 Å². The fourth-order valence-corrected chi connectivity index (χ4v) is 10.9. The summed E-state index contributed by atoms with van der Waals surface area (Å²) in [6.45, 7) is 61.9. The number of aldehydes is 1. The molecule has 3 heterocycles. The third kappa shape index (κ3) is 83.8. The summed E-state index contributed by atoms with van der Waals surface area (Å²) in [5.74, 6) is -2.36. The summed E-state index contributed by atoms with van der Waals surface area (Å²) in [5.41, 5.74) is 15.5. The van der Waals surface area contributed by atoms with E-state index in [2.05, 4.69) is 82.4 Å². The van der Waals surface area contributed by atoms with E-state index in [0.29, 0.717) is 31.1 Å². The Bertz CT molecular complexity index is 3740. The number of pyridine rings is 1. The van der Waals surface area contributed by atoms with Gasteiger partial charge < -0.3 is 102 Å². The quantitative estimate of drug-likeness (QED) is 0.00526. The fraction of sp³-hybridized carbons (Fsp3) is 0.796. The average molecular weight is 2040 g/mol. The molecule has 0 spiro atoms. The van der Waals surface area contributed by atoms with Crippen LogP contribution in [0.1, 0.15) is 313 Å². The summed E-state index contributed by atoms with van der Waals surface area (Å²) in [5, 5.41) is 44.7. The standard InChI is InChI=1S/C24H25F2N3O4.C12H24N2O2.C12H26N2O2.C9H19NO5S.C8H16N4O2.C8H18N2O2.C7H16N2.C4H8O.2C2H6.2CH2Cl2.CH4O.2CH4/c1-13-8-9-28(16-5-6-16)20-12-27-11-17(22(31)23(32)21(27)24(33)29(13)20)19(30)7-3-14-2-4-15(25)10-18(14)26;1-9(7-8-13-10-5-6-10)14-11(15)16-12(2,3)4;1-9(2)7-13-8-10(3)14-11(15)16-12(4,5)6;1-7(6-14-16(5,12)13)10-8(11)15-9(2,3)4;1-6(5-10-12-9)11-7(13)14-8(2,3)4;1-6(5-9)10-7(11)12-8(2,3)4;1-6(8)4-5-9-7-2-3-7;1-4(2)3-5;2*1-2;2*2-1-3;1-2;;/h2,4,10-11,13,16,20,32H,3,5-9,12H2,1H3;9-10,13H,5-8H2,1-4H3,(H,14,15);9-10,13H,7-8H2,1-6H3,(H,14,15);7H,6H2,1-5H3,(H,10,11);6H,5H2,1-4H3,(H,11,13);6H,5,9H2,1-4H3,(H,10,11);6-7,9H,2-5,8H2,1H3;3-4H,1-2H3;2*1-2H3;2*1H2;2H,1H3;2*1H4/t13-,20-;9-;10-;7-;3*6-;;;;;;;;/m0011110......../s1. The first-order chi connectivity index (χ1) is 61.4. The molecular formula is C93H180Cl4F2N16O19S.